The molecule has 2 aliphatic rings. The van der Waals surface area contributed by atoms with Crippen LogP contribution in [0, 0.1) is 5.92 Å². The van der Waals surface area contributed by atoms with Crippen molar-refractivity contribution in [1.29, 1.82) is 0 Å². The first-order valence-electron chi connectivity index (χ1n) is 13.3. The largest absolute Gasteiger partial charge is 0.493 e. The van der Waals surface area contributed by atoms with Gasteiger partial charge < -0.3 is 29.4 Å². The van der Waals surface area contributed by atoms with Crippen molar-refractivity contribution < 1.29 is 33.1 Å². The van der Waals surface area contributed by atoms with Crippen LogP contribution in [-0.4, -0.2) is 73.4 Å². The molecular formula is C28H36N4O7. The topological polar surface area (TPSA) is 130 Å². The Morgan fingerprint density at radius 2 is 1.82 bits per heavy atom. The Kier molecular flexibility index (Phi) is 9.45. The number of carbonyl (C=O) groups is 4. The lowest BCUT2D eigenvalue weighted by Crippen LogP contribution is -2.64. The van der Waals surface area contributed by atoms with Crippen LogP contribution in [0.1, 0.15) is 43.4 Å². The number of urea groups is 1. The second-order valence-corrected chi connectivity index (χ2v) is 9.75. The summed E-state index contributed by atoms with van der Waals surface area (Å²) < 4.78 is 15.8. The van der Waals surface area contributed by atoms with E-state index in [1.807, 2.05) is 18.2 Å². The molecule has 0 radical (unpaired) electrons. The number of hydrogen-bond donors (Lipinski definition) is 2. The molecule has 11 nitrogen and oxygen atoms in total. The van der Waals surface area contributed by atoms with Gasteiger partial charge in [0, 0.05) is 25.6 Å². The molecule has 2 N–H and O–H groups in total. The second-order valence-electron chi connectivity index (χ2n) is 9.75. The number of amides is 5. The zero-order valence-electron chi connectivity index (χ0n) is 22.4. The molecule has 2 heterocycles. The third-order valence-electron chi connectivity index (χ3n) is 7.29. The quantitative estimate of drug-likeness (QED) is 0.423. The number of nitrogens with zero attached hydrogens (tertiary/aromatic N) is 2. The summed E-state index contributed by atoms with van der Waals surface area (Å²) in [4.78, 5) is 54.5. The predicted octanol–water partition coefficient (Wildman–Crippen LogP) is 2.49. The molecular weight excluding hydrogens is 504 g/mol. The van der Waals surface area contributed by atoms with Crippen molar-refractivity contribution in [2.24, 2.45) is 5.92 Å². The van der Waals surface area contributed by atoms with Gasteiger partial charge in [-0.2, -0.15) is 0 Å². The number of nitrogens with one attached hydrogen (secondary N) is 2. The van der Waals surface area contributed by atoms with Crippen LogP contribution in [0.3, 0.4) is 0 Å². The van der Waals surface area contributed by atoms with Gasteiger partial charge >= 0.3 is 6.03 Å². The molecule has 0 bridgehead atoms. The van der Waals surface area contributed by atoms with Gasteiger partial charge in [0.05, 0.1) is 32.9 Å². The molecule has 2 atom stereocenters. The SMILES string of the molecule is COc1ccc(CCNC(=O)CN2C(=O)N(CCC(=O)NCc3ccco3)C(=O)C3CCCCC32)cc1OC. The molecule has 0 spiro atoms. The Balaban J connectivity index is 1.33. The highest BCUT2D eigenvalue weighted by molar-refractivity contribution is 6.00. The summed E-state index contributed by atoms with van der Waals surface area (Å²) in [6.45, 7) is 0.430. The molecule has 4 rings (SSSR count). The van der Waals surface area contributed by atoms with Gasteiger partial charge in [0.25, 0.3) is 0 Å². The molecule has 210 valence electrons. The Bertz CT molecular complexity index is 1170. The van der Waals surface area contributed by atoms with Gasteiger partial charge in [-0.1, -0.05) is 18.9 Å². The highest BCUT2D eigenvalue weighted by Crippen LogP contribution is 2.34. The second kappa shape index (κ2) is 13.2. The number of fused-ring (bicyclic) bond motifs is 1. The maximum Gasteiger partial charge on any atom is 0.327 e. The standard InChI is InChI=1S/C28H36N4O7/c1-37-23-10-9-19(16-24(23)38-2)11-13-29-26(34)18-32-22-8-4-3-7-21(22)27(35)31(28(32)36)14-12-25(33)30-17-20-6-5-15-39-20/h5-6,9-10,15-16,21-22H,3-4,7-8,11-14,17-18H2,1-2H3,(H,29,34)(H,30,33). The van der Waals surface area contributed by atoms with E-state index < -0.39 is 6.03 Å². The Morgan fingerprint density at radius 1 is 1.03 bits per heavy atom. The molecule has 1 aromatic carbocycles. The van der Waals surface area contributed by atoms with Gasteiger partial charge in [-0.15, -0.1) is 0 Å². The minimum absolute atomic E-state index is 0.0268. The molecule has 2 fully saturated rings. The van der Waals surface area contributed by atoms with Crippen LogP contribution in [0.15, 0.2) is 41.0 Å². The van der Waals surface area contributed by atoms with Gasteiger partial charge in [-0.05, 0) is 49.1 Å². The Labute approximate surface area is 227 Å². The van der Waals surface area contributed by atoms with Crippen molar-refractivity contribution in [3.05, 3.63) is 47.9 Å². The minimum atomic E-state index is -0.517. The van der Waals surface area contributed by atoms with Crippen molar-refractivity contribution in [3.63, 3.8) is 0 Å². The first kappa shape index (κ1) is 28.0. The van der Waals surface area contributed by atoms with E-state index in [2.05, 4.69) is 10.6 Å². The van der Waals surface area contributed by atoms with Crippen LogP contribution < -0.4 is 20.1 Å². The lowest BCUT2D eigenvalue weighted by atomic mass is 9.81. The van der Waals surface area contributed by atoms with Gasteiger partial charge in [0.1, 0.15) is 12.3 Å². The molecule has 1 aliphatic carbocycles. The first-order valence-corrected chi connectivity index (χ1v) is 13.3. The van der Waals surface area contributed by atoms with Crippen LogP contribution in [0.4, 0.5) is 4.79 Å². The monoisotopic (exact) mass is 540 g/mol. The zero-order chi connectivity index (χ0) is 27.8. The smallest absolute Gasteiger partial charge is 0.327 e. The lowest BCUT2D eigenvalue weighted by Gasteiger charge is -2.46. The van der Waals surface area contributed by atoms with Crippen LogP contribution in [0.5, 0.6) is 11.5 Å². The number of methoxy groups -OCH3 is 2. The van der Waals surface area contributed by atoms with Gasteiger partial charge in [0.2, 0.25) is 17.7 Å². The van der Waals surface area contributed by atoms with E-state index in [0.29, 0.717) is 43.1 Å². The van der Waals surface area contributed by atoms with Gasteiger partial charge in [0.15, 0.2) is 11.5 Å². The van der Waals surface area contributed by atoms with Crippen molar-refractivity contribution in [3.8, 4) is 11.5 Å². The Hall–Kier alpha value is -4.02. The van der Waals surface area contributed by atoms with Gasteiger partial charge in [-0.3, -0.25) is 19.3 Å². The summed E-state index contributed by atoms with van der Waals surface area (Å²) in [5, 5.41) is 5.62. The van der Waals surface area contributed by atoms with Gasteiger partial charge in [-0.25, -0.2) is 4.79 Å². The van der Waals surface area contributed by atoms with Crippen LogP contribution in [0.25, 0.3) is 0 Å². The van der Waals surface area contributed by atoms with Crippen molar-refractivity contribution in [1.82, 2.24) is 20.4 Å². The number of hydrogen-bond acceptors (Lipinski definition) is 7. The van der Waals surface area contributed by atoms with E-state index in [1.54, 1.807) is 26.4 Å². The number of benzene rings is 1. The maximum atomic E-state index is 13.4. The predicted molar refractivity (Wildman–Crippen MR) is 141 cm³/mol. The average Bonchev–Trinajstić information content (AvgIpc) is 3.48. The molecule has 39 heavy (non-hydrogen) atoms. The molecule has 2 unspecified atom stereocenters. The summed E-state index contributed by atoms with van der Waals surface area (Å²) >= 11 is 0. The van der Waals surface area contributed by atoms with E-state index in [1.165, 1.54) is 11.2 Å². The Morgan fingerprint density at radius 3 is 2.56 bits per heavy atom. The molecule has 1 saturated carbocycles. The van der Waals surface area contributed by atoms with Crippen LogP contribution >= 0.6 is 0 Å². The summed E-state index contributed by atoms with van der Waals surface area (Å²) in [5.41, 5.74) is 0.969. The third kappa shape index (κ3) is 6.90. The number of imide groups is 1. The molecule has 2 aromatic rings. The molecule has 1 aliphatic heterocycles. The van der Waals surface area contributed by atoms with E-state index in [4.69, 9.17) is 13.9 Å². The zero-order valence-corrected chi connectivity index (χ0v) is 22.4. The molecule has 1 aromatic heterocycles. The fourth-order valence-corrected chi connectivity index (χ4v) is 5.25. The number of ether oxygens (including phenoxy) is 2. The summed E-state index contributed by atoms with van der Waals surface area (Å²) in [7, 11) is 3.14. The third-order valence-corrected chi connectivity index (χ3v) is 7.29. The summed E-state index contributed by atoms with van der Waals surface area (Å²) in [6, 6.07) is 8.24. The number of furan rings is 1. The molecule has 11 heteroatoms. The van der Waals surface area contributed by atoms with Crippen molar-refractivity contribution in [2.75, 3.05) is 33.9 Å². The average molecular weight is 541 g/mol. The molecule has 1 saturated heterocycles. The number of rotatable bonds is 12. The van der Waals surface area contributed by atoms with Crippen LogP contribution in [-0.2, 0) is 27.3 Å². The van der Waals surface area contributed by atoms with Crippen molar-refractivity contribution in [2.45, 2.75) is 51.1 Å². The van der Waals surface area contributed by atoms with Crippen molar-refractivity contribution >= 4 is 23.8 Å². The first-order chi connectivity index (χ1) is 18.9. The lowest BCUT2D eigenvalue weighted by molar-refractivity contribution is -0.142. The normalized spacial score (nSPS) is 18.9. The molecule has 5 amide bonds. The minimum Gasteiger partial charge on any atom is -0.493 e. The van der Waals surface area contributed by atoms with E-state index in [9.17, 15) is 19.2 Å². The fourth-order valence-electron chi connectivity index (χ4n) is 5.25. The highest BCUT2D eigenvalue weighted by Gasteiger charge is 2.47. The summed E-state index contributed by atoms with van der Waals surface area (Å²) in [6.07, 6.45) is 5.20. The van der Waals surface area contributed by atoms with Crippen LogP contribution in [0.2, 0.25) is 0 Å². The van der Waals surface area contributed by atoms with E-state index in [0.717, 1.165) is 23.3 Å². The summed E-state index contributed by atoms with van der Waals surface area (Å²) in [5.74, 6) is 0.654. The maximum absolute atomic E-state index is 13.4. The highest BCUT2D eigenvalue weighted by atomic mass is 16.5. The fraction of sp³-hybridized carbons (Fsp3) is 0.500. The number of carbonyl (C=O) groups excluding carboxylic acids is 4. The van der Waals surface area contributed by atoms with E-state index in [-0.39, 0.29) is 55.7 Å². The van der Waals surface area contributed by atoms with E-state index >= 15 is 0 Å².